The van der Waals surface area contributed by atoms with Crippen molar-refractivity contribution in [3.63, 3.8) is 0 Å². The summed E-state index contributed by atoms with van der Waals surface area (Å²) in [6.07, 6.45) is 0. The minimum atomic E-state index is -2.82. The molecule has 0 aliphatic carbocycles. The highest BCUT2D eigenvalue weighted by molar-refractivity contribution is 7.18. The Morgan fingerprint density at radius 1 is 1.33 bits per heavy atom. The normalized spacial score (nSPS) is 13.7. The molecule has 0 bridgehead atoms. The largest absolute Gasteiger partial charge is 0.295 e. The van der Waals surface area contributed by atoms with Gasteiger partial charge in [0.1, 0.15) is 0 Å². The van der Waals surface area contributed by atoms with E-state index in [0.717, 1.165) is 0 Å². The molecule has 0 aliphatic heterocycles. The van der Waals surface area contributed by atoms with Crippen LogP contribution in [0.4, 0.5) is 8.78 Å². The van der Waals surface area contributed by atoms with E-state index in [4.69, 9.17) is 0 Å². The van der Waals surface area contributed by atoms with Crippen LogP contribution in [0, 0.1) is 0 Å². The molecule has 0 aromatic heterocycles. The number of carbonyl (C=O) groups excluding carboxylic acids is 1. The smallest absolute Gasteiger partial charge is 0.265 e. The van der Waals surface area contributed by atoms with E-state index in [1.54, 1.807) is 24.3 Å². The van der Waals surface area contributed by atoms with Gasteiger partial charge >= 0.3 is 0 Å². The quantitative estimate of drug-likeness (QED) is 0.574. The van der Waals surface area contributed by atoms with Gasteiger partial charge in [-0.2, -0.15) is 0 Å². The van der Waals surface area contributed by atoms with Gasteiger partial charge in [-0.3, -0.25) is 4.79 Å². The number of hydrogen-bond donors (Lipinski definition) is 0. The summed E-state index contributed by atoms with van der Waals surface area (Å²) in [7, 11) is 1.53. The third-order valence-corrected chi connectivity index (χ3v) is 2.89. The lowest BCUT2D eigenvalue weighted by Crippen LogP contribution is -2.15. The maximum absolute atomic E-state index is 13.0. The summed E-state index contributed by atoms with van der Waals surface area (Å²) < 4.78 is 25.9. The molecule has 0 spiro atoms. The van der Waals surface area contributed by atoms with Crippen LogP contribution in [0.15, 0.2) is 24.3 Å². The Labute approximate surface area is 90.1 Å². The Bertz CT molecular complexity index is 354. The van der Waals surface area contributed by atoms with E-state index < -0.39 is 11.6 Å². The second kappa shape index (κ2) is 4.36. The van der Waals surface area contributed by atoms with Gasteiger partial charge in [0.15, 0.2) is 5.78 Å². The number of alkyl halides is 2. The van der Waals surface area contributed by atoms with Crippen molar-refractivity contribution in [2.45, 2.75) is 25.4 Å². The summed E-state index contributed by atoms with van der Waals surface area (Å²) in [5, 5.41) is 0. The summed E-state index contributed by atoms with van der Waals surface area (Å²) in [5.74, 6) is -0.935. The number of carbonyl (C=O) groups is 1. The van der Waals surface area contributed by atoms with Gasteiger partial charge in [-0.1, -0.05) is 40.4 Å². The average molecular weight is 230 g/mol. The van der Waals surface area contributed by atoms with E-state index in [9.17, 15) is 13.6 Å². The SMILES string of the molecule is CC(=O)c1ccc(C(C)C(F)(F)P)cc1. The molecule has 2 unspecified atom stereocenters. The number of ketones is 1. The monoisotopic (exact) mass is 230 g/mol. The third kappa shape index (κ3) is 3.07. The van der Waals surface area contributed by atoms with Gasteiger partial charge in [0, 0.05) is 11.5 Å². The molecule has 4 heteroatoms. The van der Waals surface area contributed by atoms with Crippen molar-refractivity contribution in [2.75, 3.05) is 0 Å². The van der Waals surface area contributed by atoms with Crippen molar-refractivity contribution in [1.29, 1.82) is 0 Å². The van der Waals surface area contributed by atoms with Crippen molar-refractivity contribution in [1.82, 2.24) is 0 Å². The summed E-state index contributed by atoms with van der Waals surface area (Å²) in [6.45, 7) is 2.90. The molecule has 1 rings (SSSR count). The van der Waals surface area contributed by atoms with E-state index in [-0.39, 0.29) is 5.78 Å². The standard InChI is InChI=1S/C11H13F2OP/c1-7(11(12,13)15)9-3-5-10(6-4-9)8(2)14/h3-7H,15H2,1-2H3. The van der Waals surface area contributed by atoms with Gasteiger partial charge < -0.3 is 0 Å². The van der Waals surface area contributed by atoms with Crippen molar-refractivity contribution in [3.05, 3.63) is 35.4 Å². The van der Waals surface area contributed by atoms with E-state index in [1.165, 1.54) is 23.1 Å². The first kappa shape index (κ1) is 12.3. The number of hydrogen-bond acceptors (Lipinski definition) is 1. The molecule has 82 valence electrons. The van der Waals surface area contributed by atoms with E-state index in [0.29, 0.717) is 11.1 Å². The average Bonchev–Trinajstić information content (AvgIpc) is 2.15. The van der Waals surface area contributed by atoms with E-state index >= 15 is 0 Å². The minimum Gasteiger partial charge on any atom is -0.295 e. The molecule has 0 radical (unpaired) electrons. The van der Waals surface area contributed by atoms with Crippen molar-refractivity contribution < 1.29 is 13.6 Å². The molecule has 0 fully saturated rings. The Kier molecular flexibility index (Phi) is 3.56. The zero-order chi connectivity index (χ0) is 11.6. The van der Waals surface area contributed by atoms with Crippen molar-refractivity contribution in [2.24, 2.45) is 0 Å². The van der Waals surface area contributed by atoms with Crippen molar-refractivity contribution in [3.8, 4) is 0 Å². The van der Waals surface area contributed by atoms with Crippen LogP contribution in [0.5, 0.6) is 0 Å². The topological polar surface area (TPSA) is 17.1 Å². The number of Topliss-reactive ketones (excluding diaryl/α,β-unsaturated/α-hetero) is 1. The lowest BCUT2D eigenvalue weighted by atomic mass is 9.99. The molecule has 0 aliphatic rings. The molecule has 0 amide bonds. The lowest BCUT2D eigenvalue weighted by molar-refractivity contribution is 0.0781. The fraction of sp³-hybridized carbons (Fsp3) is 0.364. The van der Waals surface area contributed by atoms with Gasteiger partial charge in [-0.25, -0.2) is 8.78 Å². The zero-order valence-corrected chi connectivity index (χ0v) is 9.78. The molecular formula is C11H13F2OP. The van der Waals surface area contributed by atoms with Crippen LogP contribution in [-0.4, -0.2) is 11.4 Å². The highest BCUT2D eigenvalue weighted by Gasteiger charge is 2.31. The molecule has 0 saturated heterocycles. The summed E-state index contributed by atoms with van der Waals surface area (Å²) in [4.78, 5) is 11.0. The predicted octanol–water partition coefficient (Wildman–Crippen LogP) is 3.46. The second-order valence-electron chi connectivity index (χ2n) is 3.57. The minimum absolute atomic E-state index is 0.0631. The molecule has 0 saturated carbocycles. The van der Waals surface area contributed by atoms with Crippen LogP contribution >= 0.6 is 9.24 Å². The number of halogens is 2. The fourth-order valence-corrected chi connectivity index (χ4v) is 1.42. The molecule has 1 nitrogen and oxygen atoms in total. The van der Waals surface area contributed by atoms with Gasteiger partial charge in [-0.05, 0) is 12.5 Å². The highest BCUT2D eigenvalue weighted by atomic mass is 31.0. The molecule has 2 atom stereocenters. The Hall–Kier alpha value is -0.820. The van der Waals surface area contributed by atoms with Gasteiger partial charge in [-0.15, -0.1) is 0 Å². The van der Waals surface area contributed by atoms with Crippen LogP contribution in [0.2, 0.25) is 0 Å². The zero-order valence-electron chi connectivity index (χ0n) is 8.63. The first-order chi connectivity index (χ1) is 6.82. The molecule has 1 aromatic rings. The summed E-state index contributed by atoms with van der Waals surface area (Å²) >= 11 is 0. The molecule has 0 heterocycles. The van der Waals surface area contributed by atoms with E-state index in [2.05, 4.69) is 0 Å². The van der Waals surface area contributed by atoms with Crippen LogP contribution in [-0.2, 0) is 0 Å². The van der Waals surface area contributed by atoms with Gasteiger partial charge in [0.25, 0.3) is 5.66 Å². The Morgan fingerprint density at radius 2 is 1.80 bits per heavy atom. The maximum Gasteiger partial charge on any atom is 0.265 e. The molecule has 15 heavy (non-hydrogen) atoms. The van der Waals surface area contributed by atoms with Crippen LogP contribution in [0.25, 0.3) is 0 Å². The number of rotatable bonds is 3. The highest BCUT2D eigenvalue weighted by Crippen LogP contribution is 2.38. The summed E-state index contributed by atoms with van der Waals surface area (Å²) in [5.41, 5.74) is -1.75. The van der Waals surface area contributed by atoms with Gasteiger partial charge in [0.2, 0.25) is 0 Å². The lowest BCUT2D eigenvalue weighted by Gasteiger charge is -2.19. The third-order valence-electron chi connectivity index (χ3n) is 2.39. The van der Waals surface area contributed by atoms with Crippen LogP contribution in [0.3, 0.4) is 0 Å². The first-order valence-electron chi connectivity index (χ1n) is 4.60. The van der Waals surface area contributed by atoms with Crippen molar-refractivity contribution >= 4 is 15.0 Å². The summed E-state index contributed by atoms with van der Waals surface area (Å²) in [6, 6.07) is 6.29. The molecule has 1 aromatic carbocycles. The van der Waals surface area contributed by atoms with Crippen LogP contribution < -0.4 is 0 Å². The molecule has 0 N–H and O–H groups in total. The van der Waals surface area contributed by atoms with E-state index in [1.807, 2.05) is 0 Å². The number of benzene rings is 1. The Morgan fingerprint density at radius 3 is 2.13 bits per heavy atom. The van der Waals surface area contributed by atoms with Gasteiger partial charge in [0.05, 0.1) is 0 Å². The van der Waals surface area contributed by atoms with Crippen LogP contribution in [0.1, 0.15) is 35.7 Å². The fourth-order valence-electron chi connectivity index (χ4n) is 1.23. The second-order valence-corrected chi connectivity index (χ2v) is 4.34. The maximum atomic E-state index is 13.0. The Balaban J connectivity index is 2.94. The first-order valence-corrected chi connectivity index (χ1v) is 5.17. The molecular weight excluding hydrogens is 217 g/mol. The predicted molar refractivity (Wildman–Crippen MR) is 59.5 cm³/mol.